The first-order valence-corrected chi connectivity index (χ1v) is 9.71. The van der Waals surface area contributed by atoms with Crippen LogP contribution >= 0.6 is 35.4 Å². The molecule has 144 valence electrons. The molecule has 0 aliphatic carbocycles. The Hall–Kier alpha value is -2.93. The third kappa shape index (κ3) is 3.82. The highest BCUT2D eigenvalue weighted by Gasteiger charge is 2.34. The molecule has 1 aliphatic heterocycles. The van der Waals surface area contributed by atoms with Gasteiger partial charge in [0, 0.05) is 27.6 Å². The monoisotopic (exact) mass is 441 g/mol. The van der Waals surface area contributed by atoms with Crippen LogP contribution < -0.4 is 10.2 Å². The summed E-state index contributed by atoms with van der Waals surface area (Å²) in [6.07, 6.45) is 3.37. The van der Waals surface area contributed by atoms with Crippen LogP contribution in [-0.4, -0.2) is 21.5 Å². The third-order valence-electron chi connectivity index (χ3n) is 4.35. The molecule has 0 spiro atoms. The molecular weight excluding hydrogens is 429 g/mol. The summed E-state index contributed by atoms with van der Waals surface area (Å²) in [5, 5.41) is 3.65. The van der Waals surface area contributed by atoms with Gasteiger partial charge in [-0.3, -0.25) is 19.8 Å². The summed E-state index contributed by atoms with van der Waals surface area (Å²) in [5.41, 5.74) is 1.95. The Morgan fingerprint density at radius 3 is 2.38 bits per heavy atom. The van der Waals surface area contributed by atoms with E-state index in [4.69, 9.17) is 35.4 Å². The van der Waals surface area contributed by atoms with E-state index in [9.17, 15) is 9.59 Å². The number of hydrogen-bond acceptors (Lipinski definition) is 3. The Labute approximate surface area is 182 Å². The van der Waals surface area contributed by atoms with E-state index >= 15 is 0 Å². The molecule has 2 amide bonds. The molecule has 29 heavy (non-hydrogen) atoms. The van der Waals surface area contributed by atoms with Gasteiger partial charge in [0.15, 0.2) is 5.11 Å². The van der Waals surface area contributed by atoms with Crippen molar-refractivity contribution in [2.45, 2.75) is 0 Å². The van der Waals surface area contributed by atoms with E-state index < -0.39 is 11.8 Å². The van der Waals surface area contributed by atoms with E-state index in [0.29, 0.717) is 21.4 Å². The highest BCUT2D eigenvalue weighted by Crippen LogP contribution is 2.25. The number of nitrogens with one attached hydrogen (secondary N) is 1. The number of anilines is 1. The number of carbonyl (C=O) groups is 2. The Bertz CT molecular complexity index is 1170. The fourth-order valence-electron chi connectivity index (χ4n) is 3.00. The van der Waals surface area contributed by atoms with E-state index in [2.05, 4.69) is 5.32 Å². The number of halogens is 2. The molecule has 0 radical (unpaired) electrons. The average molecular weight is 442 g/mol. The van der Waals surface area contributed by atoms with E-state index in [-0.39, 0.29) is 10.7 Å². The van der Waals surface area contributed by atoms with Gasteiger partial charge in [-0.1, -0.05) is 29.3 Å². The smallest absolute Gasteiger partial charge is 0.270 e. The quantitative estimate of drug-likeness (QED) is 0.366. The summed E-state index contributed by atoms with van der Waals surface area (Å²) in [5.74, 6) is -1.08. The van der Waals surface area contributed by atoms with Gasteiger partial charge in [0.05, 0.1) is 5.69 Å². The van der Waals surface area contributed by atoms with Gasteiger partial charge >= 0.3 is 0 Å². The predicted octanol–water partition coefficient (Wildman–Crippen LogP) is 4.62. The minimum Gasteiger partial charge on any atom is -0.317 e. The van der Waals surface area contributed by atoms with Gasteiger partial charge in [0.1, 0.15) is 5.57 Å². The van der Waals surface area contributed by atoms with Crippen LogP contribution in [0.5, 0.6) is 0 Å². The number of hydrogen-bond donors (Lipinski definition) is 1. The molecule has 1 fully saturated rings. The molecule has 0 atom stereocenters. The third-order valence-corrected chi connectivity index (χ3v) is 5.12. The van der Waals surface area contributed by atoms with Gasteiger partial charge in [-0.2, -0.15) is 0 Å². The lowest BCUT2D eigenvalue weighted by Gasteiger charge is -2.29. The van der Waals surface area contributed by atoms with Gasteiger partial charge in [0.25, 0.3) is 11.8 Å². The van der Waals surface area contributed by atoms with Crippen molar-refractivity contribution in [1.82, 2.24) is 9.88 Å². The lowest BCUT2D eigenvalue weighted by molar-refractivity contribution is -0.122. The first kappa shape index (κ1) is 19.4. The molecule has 1 N–H and O–H groups in total. The second kappa shape index (κ2) is 7.83. The fraction of sp³-hybridized carbons (Fsp3) is 0. The molecule has 1 aromatic heterocycles. The van der Waals surface area contributed by atoms with E-state index in [1.165, 1.54) is 11.0 Å². The minimum atomic E-state index is -0.554. The highest BCUT2D eigenvalue weighted by molar-refractivity contribution is 7.80. The molecule has 8 heteroatoms. The van der Waals surface area contributed by atoms with Crippen LogP contribution in [-0.2, 0) is 9.59 Å². The Kier molecular flexibility index (Phi) is 5.24. The van der Waals surface area contributed by atoms with Crippen molar-refractivity contribution in [3.05, 3.63) is 88.2 Å². The summed E-state index contributed by atoms with van der Waals surface area (Å²) < 4.78 is 1.85. The van der Waals surface area contributed by atoms with Crippen molar-refractivity contribution in [3.63, 3.8) is 0 Å². The molecule has 0 unspecified atom stereocenters. The number of thiocarbonyl (C=S) groups is 1. The summed E-state index contributed by atoms with van der Waals surface area (Å²) in [6, 6.07) is 17.6. The minimum absolute atomic E-state index is 0.00694. The lowest BCUT2D eigenvalue weighted by atomic mass is 10.1. The van der Waals surface area contributed by atoms with Crippen LogP contribution in [0.15, 0.2) is 72.4 Å². The SMILES string of the molecule is O=C1NC(=S)N(c2cccc(Cl)c2)C(=O)/C1=C/c1cccn1-c1ccc(Cl)cc1. The first-order chi connectivity index (χ1) is 13.9. The van der Waals surface area contributed by atoms with Crippen molar-refractivity contribution in [2.75, 3.05) is 4.90 Å². The number of benzene rings is 2. The van der Waals surface area contributed by atoms with Crippen LogP contribution in [0.2, 0.25) is 10.0 Å². The maximum Gasteiger partial charge on any atom is 0.270 e. The van der Waals surface area contributed by atoms with Gasteiger partial charge in [-0.15, -0.1) is 0 Å². The van der Waals surface area contributed by atoms with Crippen molar-refractivity contribution in [1.29, 1.82) is 0 Å². The number of aromatic nitrogens is 1. The number of nitrogens with zero attached hydrogens (tertiary/aromatic N) is 2. The van der Waals surface area contributed by atoms with Crippen LogP contribution in [0.1, 0.15) is 5.69 Å². The van der Waals surface area contributed by atoms with E-state index in [1.807, 2.05) is 29.0 Å². The van der Waals surface area contributed by atoms with E-state index in [1.54, 1.807) is 42.5 Å². The second-order valence-corrected chi connectivity index (χ2v) is 7.48. The summed E-state index contributed by atoms with van der Waals surface area (Å²) >= 11 is 17.2. The van der Waals surface area contributed by atoms with Gasteiger partial charge in [0.2, 0.25) is 0 Å². The summed E-state index contributed by atoms with van der Waals surface area (Å²) in [4.78, 5) is 26.9. The van der Waals surface area contributed by atoms with Crippen molar-refractivity contribution >= 4 is 64.1 Å². The van der Waals surface area contributed by atoms with Crippen molar-refractivity contribution < 1.29 is 9.59 Å². The number of carbonyl (C=O) groups excluding carboxylic acids is 2. The molecule has 5 nitrogen and oxygen atoms in total. The van der Waals surface area contributed by atoms with E-state index in [0.717, 1.165) is 5.69 Å². The van der Waals surface area contributed by atoms with Crippen molar-refractivity contribution in [2.24, 2.45) is 0 Å². The van der Waals surface area contributed by atoms with Gasteiger partial charge in [-0.25, -0.2) is 0 Å². The second-order valence-electron chi connectivity index (χ2n) is 6.22. The lowest BCUT2D eigenvalue weighted by Crippen LogP contribution is -2.54. The molecule has 0 saturated carbocycles. The highest BCUT2D eigenvalue weighted by atomic mass is 35.5. The molecular formula is C21H13Cl2N3O2S. The summed E-state index contributed by atoms with van der Waals surface area (Å²) in [6.45, 7) is 0. The van der Waals surface area contributed by atoms with Gasteiger partial charge in [-0.05, 0) is 72.9 Å². The standard InChI is InChI=1S/C21H13Cl2N3O2S/c22-13-6-8-15(9-7-13)25-10-2-5-16(25)12-18-19(27)24-21(29)26(20(18)28)17-4-1-3-14(23)11-17/h1-12H,(H,24,27,29)/b18-12+. The zero-order chi connectivity index (χ0) is 20.5. The maximum absolute atomic E-state index is 13.1. The molecule has 1 saturated heterocycles. The van der Waals surface area contributed by atoms with Gasteiger partial charge < -0.3 is 4.57 Å². The average Bonchev–Trinajstić information content (AvgIpc) is 3.14. The van der Waals surface area contributed by atoms with Crippen LogP contribution in [0.4, 0.5) is 5.69 Å². The Morgan fingerprint density at radius 1 is 0.897 bits per heavy atom. The maximum atomic E-state index is 13.1. The molecule has 4 rings (SSSR count). The Morgan fingerprint density at radius 2 is 1.66 bits per heavy atom. The molecule has 1 aliphatic rings. The molecule has 0 bridgehead atoms. The summed E-state index contributed by atoms with van der Waals surface area (Å²) in [7, 11) is 0. The molecule has 3 aromatic rings. The zero-order valence-corrected chi connectivity index (χ0v) is 17.1. The zero-order valence-electron chi connectivity index (χ0n) is 14.8. The number of amides is 2. The topological polar surface area (TPSA) is 54.3 Å². The Balaban J connectivity index is 1.75. The molecule has 2 aromatic carbocycles. The van der Waals surface area contributed by atoms with Crippen LogP contribution in [0.25, 0.3) is 11.8 Å². The predicted molar refractivity (Wildman–Crippen MR) is 118 cm³/mol. The van der Waals surface area contributed by atoms with Crippen LogP contribution in [0.3, 0.4) is 0 Å². The largest absolute Gasteiger partial charge is 0.317 e. The number of rotatable bonds is 3. The fourth-order valence-corrected chi connectivity index (χ4v) is 3.60. The van der Waals surface area contributed by atoms with Crippen LogP contribution in [0, 0.1) is 0 Å². The molecule has 2 heterocycles. The normalized spacial score (nSPS) is 15.7. The van der Waals surface area contributed by atoms with Crippen molar-refractivity contribution in [3.8, 4) is 5.69 Å². The first-order valence-electron chi connectivity index (χ1n) is 8.54.